The normalized spacial score (nSPS) is 24.2. The lowest BCUT2D eigenvalue weighted by Gasteiger charge is -2.38. The molecule has 0 aliphatic heterocycles. The fourth-order valence-corrected chi connectivity index (χ4v) is 4.36. The Morgan fingerprint density at radius 1 is 1.29 bits per heavy atom. The fraction of sp³-hybridized carbons (Fsp3) is 0.429. The summed E-state index contributed by atoms with van der Waals surface area (Å²) in [7, 11) is 0. The summed E-state index contributed by atoms with van der Waals surface area (Å²) in [6, 6.07) is 8.34. The molecule has 1 aromatic carbocycles. The Morgan fingerprint density at radius 2 is 2.00 bits per heavy atom. The first kappa shape index (κ1) is 19.8. The number of alkyl halides is 3. The minimum Gasteiger partial charge on any atom is -0.479 e. The van der Waals surface area contributed by atoms with Crippen molar-refractivity contribution in [1.29, 1.82) is 0 Å². The molecule has 5 rings (SSSR count). The SMILES string of the molecule is Cc1ccccc1C1(c2noc(-c3cc(C(F)F)nn3C3CC(F)(C(=O)O)C3)n2)CC1. The van der Waals surface area contributed by atoms with Crippen LogP contribution in [0, 0.1) is 6.92 Å². The summed E-state index contributed by atoms with van der Waals surface area (Å²) in [5, 5.41) is 17.0. The van der Waals surface area contributed by atoms with Gasteiger partial charge >= 0.3 is 5.97 Å². The third-order valence-corrected chi connectivity index (χ3v) is 6.31. The number of carboxylic acid groups (broad SMARTS) is 1. The lowest BCUT2D eigenvalue weighted by Crippen LogP contribution is -2.47. The molecule has 3 aromatic rings. The Kier molecular flexibility index (Phi) is 4.25. The Hall–Kier alpha value is -3.17. The van der Waals surface area contributed by atoms with Gasteiger partial charge in [-0.15, -0.1) is 0 Å². The van der Waals surface area contributed by atoms with Crippen LogP contribution in [0.15, 0.2) is 34.9 Å². The molecule has 7 nitrogen and oxygen atoms in total. The van der Waals surface area contributed by atoms with Gasteiger partial charge in [0.05, 0.1) is 11.5 Å². The summed E-state index contributed by atoms with van der Waals surface area (Å²) in [6.45, 7) is 2.00. The van der Waals surface area contributed by atoms with Crippen molar-refractivity contribution in [3.8, 4) is 11.6 Å². The van der Waals surface area contributed by atoms with E-state index < -0.39 is 29.8 Å². The van der Waals surface area contributed by atoms with Gasteiger partial charge < -0.3 is 9.63 Å². The first-order valence-electron chi connectivity index (χ1n) is 9.94. The highest BCUT2D eigenvalue weighted by atomic mass is 19.3. The average Bonchev–Trinajstić information content (AvgIpc) is 3.15. The van der Waals surface area contributed by atoms with Gasteiger partial charge in [0.1, 0.15) is 11.4 Å². The largest absolute Gasteiger partial charge is 0.479 e. The molecule has 0 bridgehead atoms. The molecule has 31 heavy (non-hydrogen) atoms. The molecule has 2 heterocycles. The van der Waals surface area contributed by atoms with E-state index >= 15 is 0 Å². The van der Waals surface area contributed by atoms with Crippen LogP contribution in [-0.4, -0.2) is 36.7 Å². The summed E-state index contributed by atoms with van der Waals surface area (Å²) < 4.78 is 47.4. The summed E-state index contributed by atoms with van der Waals surface area (Å²) in [5.41, 5.74) is -0.960. The molecule has 2 aromatic heterocycles. The number of carboxylic acids is 1. The second-order valence-corrected chi connectivity index (χ2v) is 8.35. The van der Waals surface area contributed by atoms with Crippen molar-refractivity contribution in [3.63, 3.8) is 0 Å². The first-order valence-corrected chi connectivity index (χ1v) is 9.94. The average molecular weight is 432 g/mol. The molecule has 0 radical (unpaired) electrons. The smallest absolute Gasteiger partial charge is 0.341 e. The second-order valence-electron chi connectivity index (χ2n) is 8.35. The van der Waals surface area contributed by atoms with Crippen LogP contribution < -0.4 is 0 Å². The predicted molar refractivity (Wildman–Crippen MR) is 101 cm³/mol. The van der Waals surface area contributed by atoms with E-state index in [0.29, 0.717) is 5.82 Å². The lowest BCUT2D eigenvalue weighted by molar-refractivity contribution is -0.160. The second kappa shape index (κ2) is 6.66. The summed E-state index contributed by atoms with van der Waals surface area (Å²) in [6.07, 6.45) is -1.91. The van der Waals surface area contributed by atoms with E-state index in [0.717, 1.165) is 30.0 Å². The summed E-state index contributed by atoms with van der Waals surface area (Å²) in [5.74, 6) is -1.11. The first-order chi connectivity index (χ1) is 14.7. The highest BCUT2D eigenvalue weighted by Crippen LogP contribution is 2.53. The Balaban J connectivity index is 1.50. The van der Waals surface area contributed by atoms with E-state index in [2.05, 4.69) is 15.2 Å². The van der Waals surface area contributed by atoms with Crippen LogP contribution in [0.25, 0.3) is 11.6 Å². The van der Waals surface area contributed by atoms with Crippen molar-refractivity contribution in [3.05, 3.63) is 53.0 Å². The monoisotopic (exact) mass is 432 g/mol. The van der Waals surface area contributed by atoms with Gasteiger partial charge in [0.15, 0.2) is 5.82 Å². The van der Waals surface area contributed by atoms with Crippen LogP contribution in [-0.2, 0) is 10.2 Å². The van der Waals surface area contributed by atoms with Gasteiger partial charge in [-0.3, -0.25) is 4.68 Å². The highest BCUT2D eigenvalue weighted by molar-refractivity contribution is 5.78. The lowest BCUT2D eigenvalue weighted by atomic mass is 9.77. The van der Waals surface area contributed by atoms with Crippen molar-refractivity contribution >= 4 is 5.97 Å². The van der Waals surface area contributed by atoms with Gasteiger partial charge in [-0.25, -0.2) is 18.0 Å². The standard InChI is InChI=1S/C21H19F3N4O3/c1-11-4-2-3-5-13(11)20(6-7-20)18-25-17(31-27-18)15-8-14(16(22)23)26-28(15)12-9-21(24,10-12)19(29)30/h2-5,8,12,16H,6-7,9-10H2,1H3,(H,29,30). The molecule has 2 saturated carbocycles. The maximum absolute atomic E-state index is 14.2. The van der Waals surface area contributed by atoms with Crippen LogP contribution in [0.4, 0.5) is 13.2 Å². The number of hydrogen-bond donors (Lipinski definition) is 1. The van der Waals surface area contributed by atoms with Crippen molar-refractivity contribution in [2.45, 2.75) is 56.2 Å². The molecule has 2 aliphatic carbocycles. The van der Waals surface area contributed by atoms with Gasteiger partial charge in [-0.05, 0) is 37.0 Å². The Bertz CT molecular complexity index is 1160. The zero-order valence-electron chi connectivity index (χ0n) is 16.6. The number of aliphatic carboxylic acids is 1. The number of nitrogens with zero attached hydrogens (tertiary/aromatic N) is 4. The highest BCUT2D eigenvalue weighted by Gasteiger charge is 2.54. The van der Waals surface area contributed by atoms with Crippen molar-refractivity contribution < 1.29 is 27.6 Å². The van der Waals surface area contributed by atoms with Crippen molar-refractivity contribution in [1.82, 2.24) is 19.9 Å². The van der Waals surface area contributed by atoms with Gasteiger partial charge in [0.2, 0.25) is 5.67 Å². The number of halogens is 3. The molecule has 0 atom stereocenters. The van der Waals surface area contributed by atoms with Gasteiger partial charge in [-0.2, -0.15) is 10.1 Å². The molecule has 2 aliphatic rings. The van der Waals surface area contributed by atoms with E-state index in [1.807, 2.05) is 31.2 Å². The number of rotatable bonds is 6. The molecule has 0 unspecified atom stereocenters. The number of benzene rings is 1. The van der Waals surface area contributed by atoms with Crippen molar-refractivity contribution in [2.75, 3.05) is 0 Å². The quantitative estimate of drug-likeness (QED) is 0.621. The van der Waals surface area contributed by atoms with Crippen LogP contribution >= 0.6 is 0 Å². The molecular weight excluding hydrogens is 413 g/mol. The van der Waals surface area contributed by atoms with E-state index in [-0.39, 0.29) is 29.8 Å². The summed E-state index contributed by atoms with van der Waals surface area (Å²) >= 11 is 0. The zero-order chi connectivity index (χ0) is 22.0. The number of hydrogen-bond acceptors (Lipinski definition) is 5. The van der Waals surface area contributed by atoms with Crippen LogP contribution in [0.2, 0.25) is 0 Å². The molecule has 2 fully saturated rings. The van der Waals surface area contributed by atoms with E-state index in [4.69, 9.17) is 9.63 Å². The minimum atomic E-state index is -2.85. The van der Waals surface area contributed by atoms with Crippen LogP contribution in [0.3, 0.4) is 0 Å². The van der Waals surface area contributed by atoms with Crippen molar-refractivity contribution in [2.24, 2.45) is 0 Å². The Morgan fingerprint density at radius 3 is 2.61 bits per heavy atom. The van der Waals surface area contributed by atoms with E-state index in [9.17, 15) is 18.0 Å². The third kappa shape index (κ3) is 3.03. The maximum atomic E-state index is 14.2. The van der Waals surface area contributed by atoms with Gasteiger partial charge in [0, 0.05) is 12.8 Å². The third-order valence-electron chi connectivity index (χ3n) is 6.31. The van der Waals surface area contributed by atoms with Crippen LogP contribution in [0.1, 0.15) is 60.8 Å². The molecule has 1 N–H and O–H groups in total. The molecule has 162 valence electrons. The molecule has 10 heteroatoms. The number of carbonyl (C=O) groups is 1. The van der Waals surface area contributed by atoms with E-state index in [1.54, 1.807) is 0 Å². The molecule has 0 amide bonds. The number of aryl methyl sites for hydroxylation is 1. The minimum absolute atomic E-state index is 0.000873. The molecule has 0 saturated heterocycles. The van der Waals surface area contributed by atoms with Gasteiger partial charge in [0.25, 0.3) is 12.3 Å². The zero-order valence-corrected chi connectivity index (χ0v) is 16.6. The van der Waals surface area contributed by atoms with E-state index in [1.165, 1.54) is 4.68 Å². The predicted octanol–water partition coefficient (Wildman–Crippen LogP) is 4.39. The molecule has 0 spiro atoms. The molecular formula is C21H19F3N4O3. The fourth-order valence-electron chi connectivity index (χ4n) is 4.36. The summed E-state index contributed by atoms with van der Waals surface area (Å²) in [4.78, 5) is 15.6. The number of aromatic nitrogens is 4. The Labute approximate surface area is 174 Å². The van der Waals surface area contributed by atoms with Crippen LogP contribution in [0.5, 0.6) is 0 Å². The maximum Gasteiger partial charge on any atom is 0.341 e. The topological polar surface area (TPSA) is 94.0 Å². The van der Waals surface area contributed by atoms with Gasteiger partial charge in [-0.1, -0.05) is 29.4 Å².